The molecule has 1 aliphatic rings. The highest BCUT2D eigenvalue weighted by Gasteiger charge is 2.07. The third-order valence-corrected chi connectivity index (χ3v) is 2.75. The van der Waals surface area contributed by atoms with Crippen LogP contribution < -0.4 is 10.7 Å². The van der Waals surface area contributed by atoms with E-state index in [-0.39, 0.29) is 6.04 Å². The van der Waals surface area contributed by atoms with Crippen LogP contribution in [0.2, 0.25) is 0 Å². The summed E-state index contributed by atoms with van der Waals surface area (Å²) in [5.41, 5.74) is 4.13. The first-order valence-corrected chi connectivity index (χ1v) is 6.24. The van der Waals surface area contributed by atoms with Gasteiger partial charge in [-0.25, -0.2) is 0 Å². The van der Waals surface area contributed by atoms with Crippen molar-refractivity contribution in [1.82, 2.24) is 10.7 Å². The Morgan fingerprint density at radius 3 is 2.75 bits per heavy atom. The maximum atomic E-state index is 5.13. The Morgan fingerprint density at radius 1 is 1.44 bits per heavy atom. The highest BCUT2D eigenvalue weighted by Crippen LogP contribution is 2.14. The van der Waals surface area contributed by atoms with Gasteiger partial charge in [-0.2, -0.15) is 5.10 Å². The summed E-state index contributed by atoms with van der Waals surface area (Å²) in [5, 5.41) is 8.00. The van der Waals surface area contributed by atoms with Crippen LogP contribution in [0.5, 0.6) is 0 Å². The smallest absolute Gasteiger partial charge is 0.187 e. The van der Waals surface area contributed by atoms with E-state index >= 15 is 0 Å². The van der Waals surface area contributed by atoms with Crippen molar-refractivity contribution in [3.8, 4) is 0 Å². The molecule has 1 atom stereocenters. The third-order valence-electron chi connectivity index (χ3n) is 2.54. The van der Waals surface area contributed by atoms with Gasteiger partial charge in [0, 0.05) is 18.9 Å². The lowest BCUT2D eigenvalue weighted by Gasteiger charge is -2.16. The summed E-state index contributed by atoms with van der Waals surface area (Å²) >= 11 is 5.13. The standard InChI is InChI=1S/C11H21N3OS/c1-9(8-15-2)12-11(16)14-13-10-6-4-3-5-7-10/h9H,3-8H2,1-2H3,(H2,12,14,16)/t9-/m1/s1. The van der Waals surface area contributed by atoms with Crippen molar-refractivity contribution in [2.24, 2.45) is 5.10 Å². The summed E-state index contributed by atoms with van der Waals surface area (Å²) in [6, 6.07) is 0.205. The van der Waals surface area contributed by atoms with E-state index in [2.05, 4.69) is 15.8 Å². The lowest BCUT2D eigenvalue weighted by atomic mass is 9.99. The highest BCUT2D eigenvalue weighted by molar-refractivity contribution is 7.80. The molecule has 0 amide bonds. The predicted octanol–water partition coefficient (Wildman–Crippen LogP) is 1.81. The molecule has 0 bridgehead atoms. The maximum Gasteiger partial charge on any atom is 0.187 e. The van der Waals surface area contributed by atoms with Gasteiger partial charge in [-0.1, -0.05) is 6.42 Å². The number of thiocarbonyl (C=S) groups is 1. The molecule has 0 saturated heterocycles. The summed E-state index contributed by atoms with van der Waals surface area (Å²) in [4.78, 5) is 0. The molecule has 1 fully saturated rings. The number of ether oxygens (including phenoxy) is 1. The van der Waals surface area contributed by atoms with Gasteiger partial charge in [-0.15, -0.1) is 0 Å². The quantitative estimate of drug-likeness (QED) is 0.584. The largest absolute Gasteiger partial charge is 0.383 e. The summed E-state index contributed by atoms with van der Waals surface area (Å²) in [5.74, 6) is 0. The van der Waals surface area contributed by atoms with Crippen LogP contribution in [0.3, 0.4) is 0 Å². The normalized spacial score (nSPS) is 17.8. The first kappa shape index (κ1) is 13.4. The maximum absolute atomic E-state index is 5.13. The molecule has 16 heavy (non-hydrogen) atoms. The van der Waals surface area contributed by atoms with Gasteiger partial charge < -0.3 is 10.1 Å². The number of hydrogen-bond donors (Lipinski definition) is 2. The fourth-order valence-electron chi connectivity index (χ4n) is 1.75. The summed E-state index contributed by atoms with van der Waals surface area (Å²) in [6.45, 7) is 2.66. The molecule has 0 aromatic carbocycles. The third kappa shape index (κ3) is 5.42. The van der Waals surface area contributed by atoms with Crippen LogP contribution in [0.15, 0.2) is 5.10 Å². The van der Waals surface area contributed by atoms with Gasteiger partial charge in [0.25, 0.3) is 0 Å². The van der Waals surface area contributed by atoms with Crippen molar-refractivity contribution in [1.29, 1.82) is 0 Å². The molecule has 0 aliphatic heterocycles. The van der Waals surface area contributed by atoms with Gasteiger partial charge >= 0.3 is 0 Å². The zero-order valence-corrected chi connectivity index (χ0v) is 10.9. The highest BCUT2D eigenvalue weighted by atomic mass is 32.1. The topological polar surface area (TPSA) is 45.6 Å². The molecule has 0 aromatic heterocycles. The molecule has 1 saturated carbocycles. The second-order valence-corrected chi connectivity index (χ2v) is 4.59. The number of hydrogen-bond acceptors (Lipinski definition) is 3. The molecule has 0 aromatic rings. The molecule has 4 nitrogen and oxygen atoms in total. The van der Waals surface area contributed by atoms with Crippen molar-refractivity contribution in [3.05, 3.63) is 0 Å². The first-order valence-electron chi connectivity index (χ1n) is 5.83. The van der Waals surface area contributed by atoms with Crippen molar-refractivity contribution in [3.63, 3.8) is 0 Å². The van der Waals surface area contributed by atoms with E-state index < -0.39 is 0 Å². The van der Waals surface area contributed by atoms with Crippen LogP contribution in [0.25, 0.3) is 0 Å². The van der Waals surface area contributed by atoms with Gasteiger partial charge in [0.1, 0.15) is 0 Å². The van der Waals surface area contributed by atoms with Gasteiger partial charge in [0.15, 0.2) is 5.11 Å². The van der Waals surface area contributed by atoms with Gasteiger partial charge in [0.2, 0.25) is 0 Å². The van der Waals surface area contributed by atoms with E-state index in [4.69, 9.17) is 17.0 Å². The average molecular weight is 243 g/mol. The summed E-state index contributed by atoms with van der Waals surface area (Å²) in [7, 11) is 1.68. The van der Waals surface area contributed by atoms with Crippen LogP contribution in [0.4, 0.5) is 0 Å². The van der Waals surface area contributed by atoms with E-state index in [0.29, 0.717) is 11.7 Å². The monoisotopic (exact) mass is 243 g/mol. The van der Waals surface area contributed by atoms with Crippen LogP contribution in [-0.4, -0.2) is 30.6 Å². The van der Waals surface area contributed by atoms with Gasteiger partial charge in [-0.05, 0) is 44.8 Å². The Bertz CT molecular complexity index is 248. The molecule has 0 heterocycles. The minimum Gasteiger partial charge on any atom is -0.383 e. The average Bonchev–Trinajstić information content (AvgIpc) is 2.28. The first-order chi connectivity index (χ1) is 7.72. The van der Waals surface area contributed by atoms with Crippen molar-refractivity contribution in [2.75, 3.05) is 13.7 Å². The van der Waals surface area contributed by atoms with Gasteiger partial charge in [0.05, 0.1) is 6.61 Å². The molecular formula is C11H21N3OS. The van der Waals surface area contributed by atoms with Crippen molar-refractivity contribution < 1.29 is 4.74 Å². The lowest BCUT2D eigenvalue weighted by molar-refractivity contribution is 0.179. The molecule has 5 heteroatoms. The van der Waals surface area contributed by atoms with E-state index in [1.807, 2.05) is 6.92 Å². The molecule has 0 radical (unpaired) electrons. The Labute approximate surface area is 103 Å². The van der Waals surface area contributed by atoms with E-state index in [1.165, 1.54) is 25.0 Å². The number of nitrogens with zero attached hydrogens (tertiary/aromatic N) is 1. The Hall–Kier alpha value is -0.680. The molecular weight excluding hydrogens is 222 g/mol. The van der Waals surface area contributed by atoms with Crippen molar-refractivity contribution in [2.45, 2.75) is 45.1 Å². The number of hydrazone groups is 1. The molecule has 0 spiro atoms. The minimum absolute atomic E-state index is 0.205. The second kappa shape index (κ2) is 7.57. The predicted molar refractivity (Wildman–Crippen MR) is 70.7 cm³/mol. The van der Waals surface area contributed by atoms with Gasteiger partial charge in [-0.3, -0.25) is 5.43 Å². The molecule has 2 N–H and O–H groups in total. The van der Waals surface area contributed by atoms with E-state index in [9.17, 15) is 0 Å². The van der Waals surface area contributed by atoms with Crippen molar-refractivity contribution >= 4 is 23.0 Å². The fourth-order valence-corrected chi connectivity index (χ4v) is 2.00. The molecule has 0 unspecified atom stereocenters. The van der Waals surface area contributed by atoms with E-state index in [0.717, 1.165) is 12.8 Å². The zero-order chi connectivity index (χ0) is 11.8. The Morgan fingerprint density at radius 2 is 2.12 bits per heavy atom. The second-order valence-electron chi connectivity index (χ2n) is 4.18. The Balaban J connectivity index is 2.23. The number of nitrogens with one attached hydrogen (secondary N) is 2. The SMILES string of the molecule is COC[C@@H](C)NC(=S)NN=C1CCCCC1. The van der Waals surface area contributed by atoms with Crippen LogP contribution in [0.1, 0.15) is 39.0 Å². The summed E-state index contributed by atoms with van der Waals surface area (Å²) in [6.07, 6.45) is 6.03. The minimum atomic E-state index is 0.205. The molecule has 1 rings (SSSR count). The van der Waals surface area contributed by atoms with Crippen LogP contribution in [0, 0.1) is 0 Å². The zero-order valence-electron chi connectivity index (χ0n) is 10.1. The lowest BCUT2D eigenvalue weighted by Crippen LogP contribution is -2.40. The molecule has 1 aliphatic carbocycles. The number of rotatable bonds is 4. The Kier molecular flexibility index (Phi) is 6.33. The summed E-state index contributed by atoms with van der Waals surface area (Å²) < 4.78 is 5.01. The van der Waals surface area contributed by atoms with Crippen LogP contribution >= 0.6 is 12.2 Å². The van der Waals surface area contributed by atoms with E-state index in [1.54, 1.807) is 7.11 Å². The molecule has 92 valence electrons. The van der Waals surface area contributed by atoms with Crippen LogP contribution in [-0.2, 0) is 4.74 Å². The fraction of sp³-hybridized carbons (Fsp3) is 0.818. The number of methoxy groups -OCH3 is 1.